The molecule has 2 unspecified atom stereocenters. The molecule has 1 fully saturated rings. The number of halogens is 3. The van der Waals surface area contributed by atoms with Gasteiger partial charge in [0.15, 0.2) is 0 Å². The van der Waals surface area contributed by atoms with Crippen LogP contribution in [0.4, 0.5) is 8.78 Å². The Hall–Kier alpha value is -0.710. The number of hydrogen-bond acceptors (Lipinski definition) is 2. The van der Waals surface area contributed by atoms with E-state index in [0.717, 1.165) is 32.0 Å². The first-order valence-electron chi connectivity index (χ1n) is 6.93. The van der Waals surface area contributed by atoms with E-state index in [1.54, 1.807) is 6.07 Å². The molecule has 0 aromatic heterocycles. The Balaban J connectivity index is 0.00000200. The minimum absolute atomic E-state index is 0. The van der Waals surface area contributed by atoms with Crippen molar-refractivity contribution in [3.63, 3.8) is 0 Å². The highest BCUT2D eigenvalue weighted by Crippen LogP contribution is 2.29. The first-order valence-corrected chi connectivity index (χ1v) is 6.93. The molecule has 2 rings (SSSR count). The molecule has 0 bridgehead atoms. The van der Waals surface area contributed by atoms with Gasteiger partial charge in [0.25, 0.3) is 0 Å². The third-order valence-electron chi connectivity index (χ3n) is 4.28. The summed E-state index contributed by atoms with van der Waals surface area (Å²) in [6.45, 7) is 5.86. The zero-order valence-electron chi connectivity index (χ0n) is 12.0. The maximum Gasteiger partial charge on any atom is 0.130 e. The lowest BCUT2D eigenvalue weighted by Gasteiger charge is -2.37. The van der Waals surface area contributed by atoms with Gasteiger partial charge in [-0.1, -0.05) is 6.07 Å². The highest BCUT2D eigenvalue weighted by molar-refractivity contribution is 5.85. The summed E-state index contributed by atoms with van der Waals surface area (Å²) in [6.07, 6.45) is 2.09. The number of benzene rings is 1. The van der Waals surface area contributed by atoms with Crippen molar-refractivity contribution in [2.75, 3.05) is 13.1 Å². The zero-order valence-corrected chi connectivity index (χ0v) is 12.8. The van der Waals surface area contributed by atoms with Crippen LogP contribution in [-0.2, 0) is 0 Å². The predicted octanol–water partition coefficient (Wildman–Crippen LogP) is 3.51. The summed E-state index contributed by atoms with van der Waals surface area (Å²) in [5.41, 5.74) is 6.49. The molecular formula is C15H23ClF2N2. The van der Waals surface area contributed by atoms with Gasteiger partial charge in [-0.2, -0.15) is 0 Å². The maximum absolute atomic E-state index is 13.8. The largest absolute Gasteiger partial charge is 0.328 e. The van der Waals surface area contributed by atoms with Gasteiger partial charge >= 0.3 is 0 Å². The molecule has 1 aromatic rings. The zero-order chi connectivity index (χ0) is 14.0. The van der Waals surface area contributed by atoms with Crippen LogP contribution in [0.1, 0.15) is 38.3 Å². The van der Waals surface area contributed by atoms with E-state index in [4.69, 9.17) is 5.73 Å². The van der Waals surface area contributed by atoms with Crippen molar-refractivity contribution in [2.24, 2.45) is 11.7 Å². The Labute approximate surface area is 125 Å². The highest BCUT2D eigenvalue weighted by atomic mass is 35.5. The summed E-state index contributed by atoms with van der Waals surface area (Å²) < 4.78 is 26.7. The van der Waals surface area contributed by atoms with E-state index in [-0.39, 0.29) is 24.5 Å². The van der Waals surface area contributed by atoms with Gasteiger partial charge < -0.3 is 5.73 Å². The van der Waals surface area contributed by atoms with Crippen LogP contribution in [0.2, 0.25) is 0 Å². The monoisotopic (exact) mass is 304 g/mol. The van der Waals surface area contributed by atoms with E-state index < -0.39 is 11.6 Å². The second-order valence-electron chi connectivity index (χ2n) is 5.57. The fourth-order valence-electron chi connectivity index (χ4n) is 2.87. The quantitative estimate of drug-likeness (QED) is 0.926. The van der Waals surface area contributed by atoms with Gasteiger partial charge in [-0.05, 0) is 51.8 Å². The minimum Gasteiger partial charge on any atom is -0.328 e. The number of nitrogens with two attached hydrogens (primary N) is 1. The van der Waals surface area contributed by atoms with Crippen LogP contribution < -0.4 is 5.73 Å². The molecule has 5 heteroatoms. The number of rotatable bonds is 3. The van der Waals surface area contributed by atoms with Crippen molar-refractivity contribution in [1.82, 2.24) is 4.90 Å². The molecule has 0 saturated carbocycles. The number of hydrogen-bond donors (Lipinski definition) is 1. The Morgan fingerprint density at radius 3 is 2.30 bits per heavy atom. The fourth-order valence-corrected chi connectivity index (χ4v) is 2.87. The van der Waals surface area contributed by atoms with Crippen LogP contribution in [0.3, 0.4) is 0 Å². The third kappa shape index (κ3) is 3.90. The summed E-state index contributed by atoms with van der Waals surface area (Å²) >= 11 is 0. The number of nitrogens with zero attached hydrogens (tertiary/aromatic N) is 1. The predicted molar refractivity (Wildman–Crippen MR) is 80.0 cm³/mol. The van der Waals surface area contributed by atoms with E-state index in [1.807, 2.05) is 13.8 Å². The molecule has 1 aromatic carbocycles. The molecule has 1 aliphatic heterocycles. The lowest BCUT2D eigenvalue weighted by Crippen LogP contribution is -2.40. The molecule has 2 N–H and O–H groups in total. The van der Waals surface area contributed by atoms with Crippen molar-refractivity contribution >= 4 is 12.4 Å². The molecule has 0 aliphatic carbocycles. The summed E-state index contributed by atoms with van der Waals surface area (Å²) in [5.74, 6) is -0.424. The van der Waals surface area contributed by atoms with E-state index in [1.165, 1.54) is 6.07 Å². The molecule has 20 heavy (non-hydrogen) atoms. The van der Waals surface area contributed by atoms with E-state index in [9.17, 15) is 8.78 Å². The molecule has 0 spiro atoms. The fraction of sp³-hybridized carbons (Fsp3) is 0.600. The molecule has 1 heterocycles. The van der Waals surface area contributed by atoms with Crippen LogP contribution in [-0.4, -0.2) is 24.0 Å². The van der Waals surface area contributed by atoms with E-state index in [2.05, 4.69) is 4.90 Å². The molecule has 0 amide bonds. The third-order valence-corrected chi connectivity index (χ3v) is 4.28. The van der Waals surface area contributed by atoms with Crippen LogP contribution in [0.15, 0.2) is 18.2 Å². The molecule has 2 atom stereocenters. The van der Waals surface area contributed by atoms with E-state index in [0.29, 0.717) is 11.5 Å². The lowest BCUT2D eigenvalue weighted by atomic mass is 9.89. The molecule has 1 saturated heterocycles. The highest BCUT2D eigenvalue weighted by Gasteiger charge is 2.26. The van der Waals surface area contributed by atoms with Gasteiger partial charge in [0.1, 0.15) is 11.6 Å². The lowest BCUT2D eigenvalue weighted by molar-refractivity contribution is 0.130. The van der Waals surface area contributed by atoms with Crippen molar-refractivity contribution < 1.29 is 8.78 Å². The van der Waals surface area contributed by atoms with Crippen LogP contribution in [0, 0.1) is 17.6 Å². The normalized spacial score (nSPS) is 20.2. The van der Waals surface area contributed by atoms with Gasteiger partial charge in [-0.3, -0.25) is 4.90 Å². The minimum atomic E-state index is -0.524. The first kappa shape index (κ1) is 17.3. The number of likely N-dealkylation sites (tertiary alicyclic amines) is 1. The van der Waals surface area contributed by atoms with Crippen molar-refractivity contribution in [3.8, 4) is 0 Å². The van der Waals surface area contributed by atoms with Crippen LogP contribution in [0.25, 0.3) is 0 Å². The van der Waals surface area contributed by atoms with Gasteiger partial charge in [0, 0.05) is 23.7 Å². The van der Waals surface area contributed by atoms with Crippen LogP contribution >= 0.6 is 12.4 Å². The molecular weight excluding hydrogens is 282 g/mol. The second-order valence-corrected chi connectivity index (χ2v) is 5.57. The standard InChI is InChI=1S/C15H22F2N2.ClH/c1-10(18)12-5-7-19(8-6-12)11(2)14-4-3-13(16)9-15(14)17;/h3-4,9-12H,5-8,18H2,1-2H3;1H. The molecule has 114 valence electrons. The molecule has 2 nitrogen and oxygen atoms in total. The van der Waals surface area contributed by atoms with Crippen molar-refractivity contribution in [1.29, 1.82) is 0 Å². The van der Waals surface area contributed by atoms with Crippen molar-refractivity contribution in [2.45, 2.75) is 38.8 Å². The topological polar surface area (TPSA) is 29.3 Å². The summed E-state index contributed by atoms with van der Waals surface area (Å²) in [6, 6.07) is 4.03. The summed E-state index contributed by atoms with van der Waals surface area (Å²) in [5, 5.41) is 0. The van der Waals surface area contributed by atoms with Crippen molar-refractivity contribution in [3.05, 3.63) is 35.4 Å². The Kier molecular flexibility index (Phi) is 6.37. The smallest absolute Gasteiger partial charge is 0.130 e. The Morgan fingerprint density at radius 2 is 1.80 bits per heavy atom. The average Bonchev–Trinajstić information content (AvgIpc) is 2.38. The molecule has 0 radical (unpaired) electrons. The maximum atomic E-state index is 13.8. The SMILES string of the molecule is CC(N)C1CCN(C(C)c2ccc(F)cc2F)CC1.Cl. The second kappa shape index (κ2) is 7.34. The van der Waals surface area contributed by atoms with Crippen LogP contribution in [0.5, 0.6) is 0 Å². The van der Waals surface area contributed by atoms with E-state index >= 15 is 0 Å². The van der Waals surface area contributed by atoms with Gasteiger partial charge in [-0.15, -0.1) is 12.4 Å². The first-order chi connectivity index (χ1) is 8.99. The average molecular weight is 305 g/mol. The van der Waals surface area contributed by atoms with Gasteiger partial charge in [0.2, 0.25) is 0 Å². The summed E-state index contributed by atoms with van der Waals surface area (Å²) in [4.78, 5) is 2.25. The molecule has 1 aliphatic rings. The van der Waals surface area contributed by atoms with Gasteiger partial charge in [-0.25, -0.2) is 8.78 Å². The Morgan fingerprint density at radius 1 is 1.20 bits per heavy atom. The Bertz CT molecular complexity index is 432. The number of piperidine rings is 1. The summed E-state index contributed by atoms with van der Waals surface area (Å²) in [7, 11) is 0. The van der Waals surface area contributed by atoms with Gasteiger partial charge in [0.05, 0.1) is 0 Å².